The number of rotatable bonds is 8. The Morgan fingerprint density at radius 1 is 1.04 bits per heavy atom. The first-order valence-corrected chi connectivity index (χ1v) is 9.02. The Kier molecular flexibility index (Phi) is 6.70. The summed E-state index contributed by atoms with van der Waals surface area (Å²) in [5.41, 5.74) is 1.82. The molecule has 144 valence electrons. The second-order valence-corrected chi connectivity index (χ2v) is 6.27. The van der Waals surface area contributed by atoms with Crippen LogP contribution in [-0.2, 0) is 11.3 Å². The van der Waals surface area contributed by atoms with Crippen LogP contribution in [0.4, 0.5) is 11.5 Å². The van der Waals surface area contributed by atoms with Gasteiger partial charge in [-0.3, -0.25) is 4.79 Å². The molecule has 0 saturated heterocycles. The smallest absolute Gasteiger partial charge is 0.263 e. The Hall–Kier alpha value is -3.25. The molecule has 0 unspecified atom stereocenters. The number of ether oxygens (including phenoxy) is 2. The lowest BCUT2D eigenvalue weighted by Gasteiger charge is -2.11. The molecule has 0 spiro atoms. The highest BCUT2D eigenvalue weighted by Gasteiger charge is 2.08. The quantitative estimate of drug-likeness (QED) is 0.590. The number of aromatic nitrogens is 1. The predicted octanol–water partition coefficient (Wildman–Crippen LogP) is 4.37. The third-order valence-corrected chi connectivity index (χ3v) is 4.27. The van der Waals surface area contributed by atoms with E-state index in [1.807, 2.05) is 42.5 Å². The van der Waals surface area contributed by atoms with E-state index in [-0.39, 0.29) is 12.5 Å². The molecule has 1 aromatic heterocycles. The van der Waals surface area contributed by atoms with Gasteiger partial charge < -0.3 is 20.1 Å². The zero-order valence-corrected chi connectivity index (χ0v) is 16.1. The molecule has 6 nitrogen and oxygen atoms in total. The first-order chi connectivity index (χ1) is 13.7. The van der Waals surface area contributed by atoms with E-state index in [4.69, 9.17) is 21.1 Å². The van der Waals surface area contributed by atoms with Crippen molar-refractivity contribution in [1.29, 1.82) is 0 Å². The summed E-state index contributed by atoms with van der Waals surface area (Å²) in [6, 6.07) is 18.3. The summed E-state index contributed by atoms with van der Waals surface area (Å²) in [4.78, 5) is 16.3. The van der Waals surface area contributed by atoms with Gasteiger partial charge in [0.15, 0.2) is 18.1 Å². The van der Waals surface area contributed by atoms with Crippen molar-refractivity contribution in [3.05, 3.63) is 77.4 Å². The molecule has 0 radical (unpaired) electrons. The van der Waals surface area contributed by atoms with Crippen molar-refractivity contribution in [2.75, 3.05) is 24.4 Å². The number of pyridine rings is 1. The van der Waals surface area contributed by atoms with Gasteiger partial charge >= 0.3 is 0 Å². The Balaban J connectivity index is 1.49. The van der Waals surface area contributed by atoms with Crippen LogP contribution in [0.25, 0.3) is 0 Å². The number of nitrogens with zero attached hydrogens (tertiary/aromatic N) is 1. The monoisotopic (exact) mass is 397 g/mol. The molecule has 2 N–H and O–H groups in total. The van der Waals surface area contributed by atoms with Gasteiger partial charge in [-0.2, -0.15) is 0 Å². The average molecular weight is 398 g/mol. The maximum atomic E-state index is 12.1. The van der Waals surface area contributed by atoms with Crippen molar-refractivity contribution >= 4 is 29.0 Å². The molecule has 7 heteroatoms. The minimum Gasteiger partial charge on any atom is -0.493 e. The first-order valence-electron chi connectivity index (χ1n) is 8.64. The Morgan fingerprint density at radius 2 is 1.79 bits per heavy atom. The fraction of sp³-hybridized carbons (Fsp3) is 0.143. The first kappa shape index (κ1) is 19.5. The van der Waals surface area contributed by atoms with Gasteiger partial charge in [0.2, 0.25) is 0 Å². The molecule has 0 bridgehead atoms. The SMILES string of the molecule is COc1ccccc1OCC(=O)Nc1ccc(NCc2ccccc2Cl)cn1. The van der Waals surface area contributed by atoms with Gasteiger partial charge in [0, 0.05) is 11.6 Å². The summed E-state index contributed by atoms with van der Waals surface area (Å²) in [5.74, 6) is 1.21. The highest BCUT2D eigenvalue weighted by Crippen LogP contribution is 2.25. The summed E-state index contributed by atoms with van der Waals surface area (Å²) in [5, 5.41) is 6.65. The number of nitrogens with one attached hydrogen (secondary N) is 2. The number of carbonyl (C=O) groups excluding carboxylic acids is 1. The standard InChI is InChI=1S/C21H20ClN3O3/c1-27-18-8-4-5-9-19(18)28-14-21(26)25-20-11-10-16(13-24-20)23-12-15-6-2-3-7-17(15)22/h2-11,13,23H,12,14H2,1H3,(H,24,25,26). The Bertz CT molecular complexity index is 932. The molecule has 28 heavy (non-hydrogen) atoms. The summed E-state index contributed by atoms with van der Waals surface area (Å²) in [6.45, 7) is 0.439. The van der Waals surface area contributed by atoms with E-state index in [0.717, 1.165) is 11.3 Å². The van der Waals surface area contributed by atoms with E-state index in [2.05, 4.69) is 15.6 Å². The number of benzene rings is 2. The lowest BCUT2D eigenvalue weighted by atomic mass is 10.2. The zero-order valence-electron chi connectivity index (χ0n) is 15.3. The third-order valence-electron chi connectivity index (χ3n) is 3.90. The van der Waals surface area contributed by atoms with Crippen molar-refractivity contribution in [1.82, 2.24) is 4.98 Å². The molecule has 0 saturated carbocycles. The second kappa shape index (κ2) is 9.62. The number of anilines is 2. The maximum Gasteiger partial charge on any atom is 0.263 e. The number of methoxy groups -OCH3 is 1. The van der Waals surface area contributed by atoms with Crippen LogP contribution in [0.2, 0.25) is 5.02 Å². The summed E-state index contributed by atoms with van der Waals surface area (Å²) < 4.78 is 10.7. The number of amides is 1. The fourth-order valence-corrected chi connectivity index (χ4v) is 2.67. The molecule has 0 atom stereocenters. The van der Waals surface area contributed by atoms with E-state index in [1.165, 1.54) is 0 Å². The van der Waals surface area contributed by atoms with Gasteiger partial charge in [-0.25, -0.2) is 4.98 Å². The van der Waals surface area contributed by atoms with E-state index < -0.39 is 0 Å². The van der Waals surface area contributed by atoms with Crippen molar-refractivity contribution in [3.8, 4) is 11.5 Å². The van der Waals surface area contributed by atoms with Crippen LogP contribution in [0.1, 0.15) is 5.56 Å². The second-order valence-electron chi connectivity index (χ2n) is 5.86. The van der Waals surface area contributed by atoms with Gasteiger partial charge in [0.1, 0.15) is 5.82 Å². The zero-order chi connectivity index (χ0) is 19.8. The predicted molar refractivity (Wildman–Crippen MR) is 110 cm³/mol. The van der Waals surface area contributed by atoms with Crippen molar-refractivity contribution in [2.45, 2.75) is 6.54 Å². The Morgan fingerprint density at radius 3 is 2.50 bits per heavy atom. The fourth-order valence-electron chi connectivity index (χ4n) is 2.47. The Labute approximate surface area is 168 Å². The summed E-state index contributed by atoms with van der Waals surface area (Å²) in [6.07, 6.45) is 1.65. The average Bonchev–Trinajstić information content (AvgIpc) is 2.73. The van der Waals surface area contributed by atoms with Crippen LogP contribution in [0.15, 0.2) is 66.9 Å². The van der Waals surface area contributed by atoms with Gasteiger partial charge in [-0.05, 0) is 35.9 Å². The van der Waals surface area contributed by atoms with Crippen LogP contribution in [-0.4, -0.2) is 24.6 Å². The molecule has 3 rings (SSSR count). The lowest BCUT2D eigenvalue weighted by Crippen LogP contribution is -2.20. The lowest BCUT2D eigenvalue weighted by molar-refractivity contribution is -0.118. The van der Waals surface area contributed by atoms with Gasteiger partial charge in [0.05, 0.1) is 19.0 Å². The number of para-hydroxylation sites is 2. The number of hydrogen-bond donors (Lipinski definition) is 2. The van der Waals surface area contributed by atoms with Crippen molar-refractivity contribution in [2.24, 2.45) is 0 Å². The molecule has 0 aliphatic rings. The number of halogens is 1. The number of carbonyl (C=O) groups is 1. The molecule has 0 aliphatic heterocycles. The highest BCUT2D eigenvalue weighted by molar-refractivity contribution is 6.31. The summed E-state index contributed by atoms with van der Waals surface area (Å²) >= 11 is 6.14. The largest absolute Gasteiger partial charge is 0.493 e. The molecule has 2 aromatic carbocycles. The van der Waals surface area contributed by atoms with Crippen LogP contribution < -0.4 is 20.1 Å². The van der Waals surface area contributed by atoms with Gasteiger partial charge in [-0.1, -0.05) is 41.9 Å². The minimum absolute atomic E-state index is 0.144. The normalized spacial score (nSPS) is 10.2. The summed E-state index contributed by atoms with van der Waals surface area (Å²) in [7, 11) is 1.55. The molecule has 0 fully saturated rings. The van der Waals surface area contributed by atoms with Crippen LogP contribution in [0, 0.1) is 0 Å². The van der Waals surface area contributed by atoms with Gasteiger partial charge in [-0.15, -0.1) is 0 Å². The van der Waals surface area contributed by atoms with Crippen molar-refractivity contribution in [3.63, 3.8) is 0 Å². The molecule has 1 heterocycles. The minimum atomic E-state index is -0.310. The molecule has 0 aliphatic carbocycles. The topological polar surface area (TPSA) is 72.5 Å². The van der Waals surface area contributed by atoms with Crippen LogP contribution >= 0.6 is 11.6 Å². The highest BCUT2D eigenvalue weighted by atomic mass is 35.5. The van der Waals surface area contributed by atoms with Crippen molar-refractivity contribution < 1.29 is 14.3 Å². The van der Waals surface area contributed by atoms with E-state index in [1.54, 1.807) is 31.5 Å². The van der Waals surface area contributed by atoms with Gasteiger partial charge in [0.25, 0.3) is 5.91 Å². The number of hydrogen-bond acceptors (Lipinski definition) is 5. The van der Waals surface area contributed by atoms with E-state index >= 15 is 0 Å². The molecular weight excluding hydrogens is 378 g/mol. The molecule has 3 aromatic rings. The van der Waals surface area contributed by atoms with E-state index in [9.17, 15) is 4.79 Å². The molecular formula is C21H20ClN3O3. The van der Waals surface area contributed by atoms with Crippen LogP contribution in [0.5, 0.6) is 11.5 Å². The van der Waals surface area contributed by atoms with Crippen LogP contribution in [0.3, 0.4) is 0 Å². The molecule has 1 amide bonds. The maximum absolute atomic E-state index is 12.1. The van der Waals surface area contributed by atoms with E-state index in [0.29, 0.717) is 28.9 Å². The third kappa shape index (κ3) is 5.37.